The summed E-state index contributed by atoms with van der Waals surface area (Å²) in [7, 11) is 0. The first-order valence-corrected chi connectivity index (χ1v) is 5.35. The van der Waals surface area contributed by atoms with Crippen LogP contribution in [-0.2, 0) is 4.74 Å². The van der Waals surface area contributed by atoms with Gasteiger partial charge in [0.15, 0.2) is 0 Å². The number of ether oxygens (including phenoxy) is 1. The van der Waals surface area contributed by atoms with Crippen molar-refractivity contribution >= 4 is 0 Å². The van der Waals surface area contributed by atoms with Gasteiger partial charge in [-0.2, -0.15) is 0 Å². The molecule has 1 aliphatic rings. The minimum Gasteiger partial charge on any atom is -0.394 e. The first kappa shape index (κ1) is 11.7. The third-order valence-electron chi connectivity index (χ3n) is 2.69. The van der Waals surface area contributed by atoms with Crippen LogP contribution in [0, 0.1) is 0 Å². The van der Waals surface area contributed by atoms with E-state index in [2.05, 4.69) is 18.4 Å². The van der Waals surface area contributed by atoms with Crippen LogP contribution in [0.25, 0.3) is 0 Å². The van der Waals surface area contributed by atoms with E-state index in [-0.39, 0.29) is 12.7 Å². The van der Waals surface area contributed by atoms with Gasteiger partial charge in [-0.25, -0.2) is 0 Å². The molecule has 0 spiro atoms. The monoisotopic (exact) mass is 199 g/mol. The van der Waals surface area contributed by atoms with Crippen molar-refractivity contribution in [3.63, 3.8) is 0 Å². The van der Waals surface area contributed by atoms with Crippen molar-refractivity contribution in [3.8, 4) is 0 Å². The Morgan fingerprint density at radius 1 is 1.64 bits per heavy atom. The van der Waals surface area contributed by atoms with E-state index in [4.69, 9.17) is 9.84 Å². The van der Waals surface area contributed by atoms with Gasteiger partial charge in [0, 0.05) is 12.6 Å². The molecule has 1 heterocycles. The van der Waals surface area contributed by atoms with E-state index < -0.39 is 0 Å². The number of hydrogen-bond acceptors (Lipinski definition) is 3. The molecule has 1 aliphatic heterocycles. The van der Waals surface area contributed by atoms with Gasteiger partial charge in [0.05, 0.1) is 19.3 Å². The van der Waals surface area contributed by atoms with E-state index in [0.717, 1.165) is 32.5 Å². The number of allylic oxidation sites excluding steroid dienone is 1. The van der Waals surface area contributed by atoms with Crippen LogP contribution in [0.5, 0.6) is 0 Å². The lowest BCUT2D eigenvalue weighted by atomic mass is 10.2. The number of hydrogen-bond donors (Lipinski definition) is 1. The van der Waals surface area contributed by atoms with Crippen LogP contribution in [-0.4, -0.2) is 48.5 Å². The van der Waals surface area contributed by atoms with Gasteiger partial charge in [-0.3, -0.25) is 4.90 Å². The van der Waals surface area contributed by atoms with Crippen molar-refractivity contribution in [1.82, 2.24) is 4.90 Å². The Hall–Kier alpha value is -0.380. The summed E-state index contributed by atoms with van der Waals surface area (Å²) in [5, 5.41) is 9.00. The summed E-state index contributed by atoms with van der Waals surface area (Å²) >= 11 is 0. The summed E-state index contributed by atoms with van der Waals surface area (Å²) in [6.45, 7) is 8.68. The van der Waals surface area contributed by atoms with Crippen LogP contribution in [0.3, 0.4) is 0 Å². The fourth-order valence-electron chi connectivity index (χ4n) is 1.74. The lowest BCUT2D eigenvalue weighted by Gasteiger charge is -2.37. The number of aliphatic hydroxyl groups excluding tert-OH is 1. The molecule has 0 aromatic heterocycles. The van der Waals surface area contributed by atoms with Crippen LogP contribution >= 0.6 is 0 Å². The highest BCUT2D eigenvalue weighted by atomic mass is 16.5. The van der Waals surface area contributed by atoms with E-state index in [1.54, 1.807) is 0 Å². The Morgan fingerprint density at radius 2 is 2.43 bits per heavy atom. The van der Waals surface area contributed by atoms with Crippen molar-refractivity contribution in [2.45, 2.75) is 31.9 Å². The maximum absolute atomic E-state index is 9.00. The topological polar surface area (TPSA) is 32.7 Å². The molecule has 3 heteroatoms. The smallest absolute Gasteiger partial charge is 0.0933 e. The summed E-state index contributed by atoms with van der Waals surface area (Å²) < 4.78 is 5.46. The third-order valence-corrected chi connectivity index (χ3v) is 2.69. The van der Waals surface area contributed by atoms with Crippen LogP contribution in [0.4, 0.5) is 0 Å². The number of unbranched alkanes of at least 4 members (excludes halogenated alkanes) is 1. The molecule has 0 aromatic carbocycles. The van der Waals surface area contributed by atoms with Crippen LogP contribution < -0.4 is 0 Å². The maximum atomic E-state index is 9.00. The van der Waals surface area contributed by atoms with Gasteiger partial charge in [-0.1, -0.05) is 6.08 Å². The zero-order valence-electron chi connectivity index (χ0n) is 8.98. The third kappa shape index (κ3) is 3.40. The van der Waals surface area contributed by atoms with Crippen molar-refractivity contribution in [1.29, 1.82) is 0 Å². The molecule has 3 nitrogen and oxygen atoms in total. The molecule has 1 saturated heterocycles. The zero-order valence-corrected chi connectivity index (χ0v) is 8.98. The average Bonchev–Trinajstić information content (AvgIpc) is 2.21. The fourth-order valence-corrected chi connectivity index (χ4v) is 1.74. The summed E-state index contributed by atoms with van der Waals surface area (Å²) in [5.74, 6) is 0. The van der Waals surface area contributed by atoms with Gasteiger partial charge < -0.3 is 9.84 Å². The normalized spacial score (nSPS) is 29.0. The number of rotatable bonds is 5. The lowest BCUT2D eigenvalue weighted by Crippen LogP contribution is -2.49. The van der Waals surface area contributed by atoms with Gasteiger partial charge in [-0.05, 0) is 26.3 Å². The average molecular weight is 199 g/mol. The van der Waals surface area contributed by atoms with Crippen molar-refractivity contribution < 1.29 is 9.84 Å². The highest BCUT2D eigenvalue weighted by Gasteiger charge is 2.24. The maximum Gasteiger partial charge on any atom is 0.0933 e. The highest BCUT2D eigenvalue weighted by molar-refractivity contribution is 4.78. The molecule has 1 rings (SSSR count). The summed E-state index contributed by atoms with van der Waals surface area (Å²) in [6.07, 6.45) is 4.17. The van der Waals surface area contributed by atoms with Gasteiger partial charge in [0.25, 0.3) is 0 Å². The van der Waals surface area contributed by atoms with E-state index in [1.165, 1.54) is 0 Å². The first-order chi connectivity index (χ1) is 6.77. The van der Waals surface area contributed by atoms with E-state index in [0.29, 0.717) is 6.04 Å². The van der Waals surface area contributed by atoms with E-state index >= 15 is 0 Å². The molecule has 14 heavy (non-hydrogen) atoms. The molecule has 1 fully saturated rings. The molecule has 2 atom stereocenters. The van der Waals surface area contributed by atoms with Crippen molar-refractivity contribution in [2.24, 2.45) is 0 Å². The second-order valence-corrected chi connectivity index (χ2v) is 3.91. The molecule has 0 saturated carbocycles. The van der Waals surface area contributed by atoms with E-state index in [9.17, 15) is 0 Å². The van der Waals surface area contributed by atoms with Gasteiger partial charge in [-0.15, -0.1) is 6.58 Å². The predicted octanol–water partition coefficient (Wildman–Crippen LogP) is 1.03. The number of nitrogens with zero attached hydrogens (tertiary/aromatic N) is 1. The fraction of sp³-hybridized carbons (Fsp3) is 0.818. The van der Waals surface area contributed by atoms with Gasteiger partial charge in [0.1, 0.15) is 0 Å². The molecular formula is C11H21NO2. The number of morpholine rings is 1. The predicted molar refractivity (Wildman–Crippen MR) is 57.3 cm³/mol. The Labute approximate surface area is 86.4 Å². The minimum atomic E-state index is 0.00920. The summed E-state index contributed by atoms with van der Waals surface area (Å²) in [5.41, 5.74) is 0. The SMILES string of the molecule is C=CCCCN1CC(CO)OCC1C. The molecule has 0 bridgehead atoms. The first-order valence-electron chi connectivity index (χ1n) is 5.35. The molecule has 0 amide bonds. The summed E-state index contributed by atoms with van der Waals surface area (Å²) in [6, 6.07) is 0.475. The molecule has 82 valence electrons. The Morgan fingerprint density at radius 3 is 3.07 bits per heavy atom. The second-order valence-electron chi connectivity index (χ2n) is 3.91. The zero-order chi connectivity index (χ0) is 10.4. The molecule has 0 radical (unpaired) electrons. The standard InChI is InChI=1S/C11H21NO2/c1-3-4-5-6-12-7-11(8-13)14-9-10(12)2/h3,10-11,13H,1,4-9H2,2H3. The minimum absolute atomic E-state index is 0.00920. The van der Waals surface area contributed by atoms with Gasteiger partial charge in [0.2, 0.25) is 0 Å². The molecule has 1 N–H and O–H groups in total. The lowest BCUT2D eigenvalue weighted by molar-refractivity contribution is -0.0777. The Balaban J connectivity index is 2.28. The highest BCUT2D eigenvalue weighted by Crippen LogP contribution is 2.12. The van der Waals surface area contributed by atoms with Crippen molar-refractivity contribution in [2.75, 3.05) is 26.3 Å². The second kappa shape index (κ2) is 6.17. The summed E-state index contributed by atoms with van der Waals surface area (Å²) in [4.78, 5) is 2.38. The Kier molecular flexibility index (Phi) is 5.15. The van der Waals surface area contributed by atoms with Crippen molar-refractivity contribution in [3.05, 3.63) is 12.7 Å². The molecular weight excluding hydrogens is 178 g/mol. The number of aliphatic hydroxyl groups is 1. The van der Waals surface area contributed by atoms with Crippen LogP contribution in [0.1, 0.15) is 19.8 Å². The van der Waals surface area contributed by atoms with Crippen LogP contribution in [0.15, 0.2) is 12.7 Å². The van der Waals surface area contributed by atoms with E-state index in [1.807, 2.05) is 6.08 Å². The Bertz CT molecular complexity index is 173. The quantitative estimate of drug-likeness (QED) is 0.530. The van der Waals surface area contributed by atoms with Crippen LogP contribution in [0.2, 0.25) is 0 Å². The van der Waals surface area contributed by atoms with Gasteiger partial charge >= 0.3 is 0 Å². The molecule has 0 aliphatic carbocycles. The largest absolute Gasteiger partial charge is 0.394 e. The molecule has 0 aromatic rings. The molecule has 2 unspecified atom stereocenters.